The lowest BCUT2D eigenvalue weighted by Crippen LogP contribution is -2.51. The van der Waals surface area contributed by atoms with Gasteiger partial charge in [0.15, 0.2) is 0 Å². The Labute approximate surface area is 267 Å². The first-order valence-corrected chi connectivity index (χ1v) is 18.7. The third kappa shape index (κ3) is 7.23. The molecule has 1 aromatic carbocycles. The van der Waals surface area contributed by atoms with E-state index in [4.69, 9.17) is 16.0 Å². The largest absolute Gasteiger partial charge is 0.413 e. The van der Waals surface area contributed by atoms with Crippen molar-refractivity contribution in [3.8, 4) is 0 Å². The maximum Gasteiger partial charge on any atom is 0.208 e. The van der Waals surface area contributed by atoms with Crippen LogP contribution in [0.15, 0.2) is 48.2 Å². The normalized spacial score (nSPS) is 20.0. The summed E-state index contributed by atoms with van der Waals surface area (Å²) in [6.45, 7) is 13.8. The maximum absolute atomic E-state index is 13.8. The Bertz CT molecular complexity index is 1360. The third-order valence-electron chi connectivity index (χ3n) is 9.06. The average Bonchev–Trinajstić information content (AvgIpc) is 3.58. The standard InChI is InChI=1S/C33H47ClN4O3SSi/c1-20(2)43(21(3)4,22(5)6)41-29-15-27(13-24(29)17-39)37-33-28(16-35-19-36-33)32(40)30-14-25(18-42-30)31(38(7)8)23-10-9-11-26(34)12-23/h9-12,14,16,18-22,24,27,29,31,39H,13,15,17H2,1-8H3,(H,35,36,37)/t24-,27-,29+,31?/m1/s1. The molecule has 4 rings (SSSR count). The van der Waals surface area contributed by atoms with Crippen LogP contribution < -0.4 is 5.32 Å². The number of hydrogen-bond donors (Lipinski definition) is 2. The third-order valence-corrected chi connectivity index (χ3v) is 16.4. The highest BCUT2D eigenvalue weighted by molar-refractivity contribution is 7.12. The zero-order valence-electron chi connectivity index (χ0n) is 26.7. The van der Waals surface area contributed by atoms with Crippen LogP contribution in [-0.4, -0.2) is 66.9 Å². The van der Waals surface area contributed by atoms with Gasteiger partial charge in [0.1, 0.15) is 12.1 Å². The van der Waals surface area contributed by atoms with E-state index >= 15 is 0 Å². The number of halogens is 1. The minimum absolute atomic E-state index is 0.0293. The van der Waals surface area contributed by atoms with Crippen molar-refractivity contribution in [2.75, 3.05) is 26.0 Å². The molecule has 43 heavy (non-hydrogen) atoms. The van der Waals surface area contributed by atoms with E-state index in [9.17, 15) is 9.90 Å². The molecule has 3 aromatic rings. The van der Waals surface area contributed by atoms with Gasteiger partial charge in [-0.25, -0.2) is 9.97 Å². The number of carbonyl (C=O) groups is 1. The molecule has 2 heterocycles. The monoisotopic (exact) mass is 642 g/mol. The van der Waals surface area contributed by atoms with Gasteiger partial charge in [-0.3, -0.25) is 9.69 Å². The molecule has 1 saturated carbocycles. The number of hydrogen-bond acceptors (Lipinski definition) is 8. The number of nitrogens with one attached hydrogen (secondary N) is 1. The number of aliphatic hydroxyl groups excluding tert-OH is 1. The van der Waals surface area contributed by atoms with Crippen molar-refractivity contribution in [3.63, 3.8) is 0 Å². The quantitative estimate of drug-likeness (QED) is 0.145. The van der Waals surface area contributed by atoms with E-state index in [0.29, 0.717) is 37.9 Å². The van der Waals surface area contributed by atoms with Gasteiger partial charge in [0, 0.05) is 29.8 Å². The predicted molar refractivity (Wildman–Crippen MR) is 180 cm³/mol. The van der Waals surface area contributed by atoms with Gasteiger partial charge in [0.2, 0.25) is 14.1 Å². The summed E-state index contributed by atoms with van der Waals surface area (Å²) in [5, 5.41) is 16.6. The smallest absolute Gasteiger partial charge is 0.208 e. The molecule has 234 valence electrons. The summed E-state index contributed by atoms with van der Waals surface area (Å²) in [5.74, 6) is 0.450. The SMILES string of the molecule is CC(C)[Si](O[C@H]1C[C@H](Nc2ncncc2C(=O)c2cc(C(c3cccc(Cl)c3)N(C)C)cs2)C[C@@H]1CO)(C(C)C)C(C)C. The molecule has 0 spiro atoms. The highest BCUT2D eigenvalue weighted by Crippen LogP contribution is 2.46. The molecule has 0 amide bonds. The van der Waals surface area contributed by atoms with Gasteiger partial charge >= 0.3 is 0 Å². The zero-order valence-corrected chi connectivity index (χ0v) is 29.2. The second-order valence-corrected chi connectivity index (χ2v) is 19.8. The number of thiophene rings is 1. The number of aromatic nitrogens is 2. The molecule has 2 N–H and O–H groups in total. The van der Waals surface area contributed by atoms with Crippen molar-refractivity contribution in [2.24, 2.45) is 5.92 Å². The lowest BCUT2D eigenvalue weighted by Gasteiger charge is -2.45. The van der Waals surface area contributed by atoms with E-state index in [-0.39, 0.29) is 36.5 Å². The number of rotatable bonds is 13. The Morgan fingerprint density at radius 1 is 1.12 bits per heavy atom. The summed E-state index contributed by atoms with van der Waals surface area (Å²) in [7, 11) is 1.92. The van der Waals surface area contributed by atoms with Crippen LogP contribution in [0.5, 0.6) is 0 Å². The fourth-order valence-electron chi connectivity index (χ4n) is 7.23. The molecule has 0 aliphatic heterocycles. The maximum atomic E-state index is 13.8. The van der Waals surface area contributed by atoms with Crippen molar-refractivity contribution < 1.29 is 14.3 Å². The molecule has 1 unspecified atom stereocenters. The van der Waals surface area contributed by atoms with Crippen LogP contribution in [0.4, 0.5) is 5.82 Å². The molecule has 1 aliphatic carbocycles. The van der Waals surface area contributed by atoms with E-state index in [1.807, 2.05) is 43.7 Å². The molecule has 10 heteroatoms. The van der Waals surface area contributed by atoms with Gasteiger partial charge < -0.3 is 14.8 Å². The molecule has 0 radical (unpaired) electrons. The first kappa shape index (κ1) is 33.7. The number of nitrogens with zero attached hydrogens (tertiary/aromatic N) is 3. The summed E-state index contributed by atoms with van der Waals surface area (Å²) in [6, 6.07) is 9.78. The van der Waals surface area contributed by atoms with Crippen LogP contribution in [0.1, 0.15) is 86.8 Å². The van der Waals surface area contributed by atoms with Crippen LogP contribution >= 0.6 is 22.9 Å². The van der Waals surface area contributed by atoms with Gasteiger partial charge in [-0.1, -0.05) is 65.3 Å². The highest BCUT2D eigenvalue weighted by Gasteiger charge is 2.49. The van der Waals surface area contributed by atoms with Gasteiger partial charge in [-0.15, -0.1) is 11.3 Å². The average molecular weight is 643 g/mol. The lowest BCUT2D eigenvalue weighted by molar-refractivity contribution is 0.0941. The second-order valence-electron chi connectivity index (χ2n) is 13.0. The van der Waals surface area contributed by atoms with Gasteiger partial charge in [-0.05, 0) is 78.3 Å². The van der Waals surface area contributed by atoms with Gasteiger partial charge in [0.25, 0.3) is 0 Å². The fraction of sp³-hybridized carbons (Fsp3) is 0.545. The molecule has 0 saturated heterocycles. The van der Waals surface area contributed by atoms with Crippen molar-refractivity contribution in [2.45, 2.75) is 89.2 Å². The van der Waals surface area contributed by atoms with Crippen LogP contribution in [0.25, 0.3) is 0 Å². The topological polar surface area (TPSA) is 87.6 Å². The minimum Gasteiger partial charge on any atom is -0.413 e. The van der Waals surface area contributed by atoms with Gasteiger partial charge in [0.05, 0.1) is 22.6 Å². The Morgan fingerprint density at radius 3 is 2.42 bits per heavy atom. The van der Waals surface area contributed by atoms with E-state index in [0.717, 1.165) is 24.0 Å². The molecule has 4 atom stereocenters. The second kappa shape index (κ2) is 14.3. The van der Waals surface area contributed by atoms with E-state index < -0.39 is 8.32 Å². The molecule has 2 aromatic heterocycles. The number of carbonyl (C=O) groups excluding carboxylic acids is 1. The van der Waals surface area contributed by atoms with Crippen molar-refractivity contribution >= 4 is 42.9 Å². The molecular formula is C33H47ClN4O3SSi. The summed E-state index contributed by atoms with van der Waals surface area (Å²) in [4.78, 5) is 25.3. The van der Waals surface area contributed by atoms with Crippen molar-refractivity contribution in [1.29, 1.82) is 0 Å². The van der Waals surface area contributed by atoms with Crippen LogP contribution in [0, 0.1) is 5.92 Å². The molecule has 7 nitrogen and oxygen atoms in total. The van der Waals surface area contributed by atoms with Crippen LogP contribution in [0.3, 0.4) is 0 Å². The molecule has 1 fully saturated rings. The molecule has 1 aliphatic rings. The first-order chi connectivity index (χ1) is 20.4. The summed E-state index contributed by atoms with van der Waals surface area (Å²) >= 11 is 7.72. The van der Waals surface area contributed by atoms with Gasteiger partial charge in [-0.2, -0.15) is 0 Å². The highest BCUT2D eigenvalue weighted by atomic mass is 35.5. The zero-order chi connectivity index (χ0) is 31.5. The van der Waals surface area contributed by atoms with Crippen LogP contribution in [-0.2, 0) is 4.43 Å². The molecular weight excluding hydrogens is 596 g/mol. The van der Waals surface area contributed by atoms with Crippen molar-refractivity contribution in [1.82, 2.24) is 14.9 Å². The van der Waals surface area contributed by atoms with Crippen molar-refractivity contribution in [3.05, 3.63) is 74.8 Å². The molecule has 0 bridgehead atoms. The van der Waals surface area contributed by atoms with E-state index in [1.54, 1.807) is 6.20 Å². The number of aliphatic hydroxyl groups is 1. The Balaban J connectivity index is 1.55. The van der Waals surface area contributed by atoms with E-state index in [1.165, 1.54) is 17.7 Å². The fourth-order valence-corrected chi connectivity index (χ4v) is 13.9. The van der Waals surface area contributed by atoms with Crippen LogP contribution in [0.2, 0.25) is 21.6 Å². The first-order valence-electron chi connectivity index (χ1n) is 15.3. The number of anilines is 1. The number of benzene rings is 1. The summed E-state index contributed by atoms with van der Waals surface area (Å²) < 4.78 is 7.12. The predicted octanol–water partition coefficient (Wildman–Crippen LogP) is 7.82. The lowest BCUT2D eigenvalue weighted by atomic mass is 9.99. The Hall–Kier alpha value is -2.14. The van der Waals surface area contributed by atoms with E-state index in [2.05, 4.69) is 67.8 Å². The number of ketones is 1. The summed E-state index contributed by atoms with van der Waals surface area (Å²) in [6.07, 6.45) is 4.55. The Kier molecular flexibility index (Phi) is 11.2. The minimum atomic E-state index is -2.12. The Morgan fingerprint density at radius 2 is 1.81 bits per heavy atom. The summed E-state index contributed by atoms with van der Waals surface area (Å²) in [5.41, 5.74) is 3.93.